The molecular formula is C3H8Ni+2. The second kappa shape index (κ2) is 9.74. The van der Waals surface area contributed by atoms with Crippen molar-refractivity contribution in [3.8, 4) is 0 Å². The van der Waals surface area contributed by atoms with Gasteiger partial charge in [0.25, 0.3) is 0 Å². The first kappa shape index (κ1) is 8.82. The number of hydrogen-bond acceptors (Lipinski definition) is 0. The van der Waals surface area contributed by atoms with E-state index in [9.17, 15) is 0 Å². The zero-order valence-corrected chi connectivity index (χ0v) is 4.01. The van der Waals surface area contributed by atoms with E-state index >= 15 is 0 Å². The molecule has 0 saturated heterocycles. The Kier molecular flexibility index (Phi) is 21.5. The maximum absolute atomic E-state index is 2.12. The van der Waals surface area contributed by atoms with Crippen LogP contribution in [0, 0.1) is 0 Å². The molecule has 0 aromatic rings. The predicted molar refractivity (Wildman–Crippen MR) is 16.0 cm³/mol. The van der Waals surface area contributed by atoms with Gasteiger partial charge >= 0.3 is 16.5 Å². The second-order valence-electron chi connectivity index (χ2n) is 0.707. The topological polar surface area (TPSA) is 0 Å². The third-order valence-corrected chi connectivity index (χ3v) is 0. The summed E-state index contributed by atoms with van der Waals surface area (Å²) in [4.78, 5) is 0. The Morgan fingerprint density at radius 3 is 1.25 bits per heavy atom. The van der Waals surface area contributed by atoms with Crippen molar-refractivity contribution in [3.63, 3.8) is 0 Å². The zero-order valence-electron chi connectivity index (χ0n) is 3.02. The van der Waals surface area contributed by atoms with E-state index in [0.717, 1.165) is 0 Å². The minimum absolute atomic E-state index is 0. The summed E-state index contributed by atoms with van der Waals surface area (Å²) in [6.07, 6.45) is 1.25. The fraction of sp³-hybridized carbons (Fsp3) is 1.00. The van der Waals surface area contributed by atoms with E-state index in [1.807, 2.05) is 0 Å². The van der Waals surface area contributed by atoms with Crippen molar-refractivity contribution in [2.75, 3.05) is 0 Å². The third kappa shape index (κ3) is 22.8. The summed E-state index contributed by atoms with van der Waals surface area (Å²) in [6.45, 7) is 4.25. The van der Waals surface area contributed by atoms with Gasteiger partial charge in [-0.15, -0.1) is 0 Å². The first-order chi connectivity index (χ1) is 1.41. The molecule has 0 unspecified atom stereocenters. The average molecular weight is 103 g/mol. The molecule has 0 amide bonds. The number of rotatable bonds is 0. The molecule has 0 bridgehead atoms. The molecule has 0 aliphatic heterocycles. The fourth-order valence-corrected chi connectivity index (χ4v) is 0. The quantitative estimate of drug-likeness (QED) is 0.406. The van der Waals surface area contributed by atoms with Gasteiger partial charge in [0.1, 0.15) is 0 Å². The molecule has 0 aromatic heterocycles. The van der Waals surface area contributed by atoms with Gasteiger partial charge in [-0.25, -0.2) is 0 Å². The molecule has 0 aromatic carbocycles. The van der Waals surface area contributed by atoms with Gasteiger partial charge in [0.15, 0.2) is 0 Å². The maximum Gasteiger partial charge on any atom is 2.00 e. The molecule has 0 saturated carbocycles. The van der Waals surface area contributed by atoms with Crippen LogP contribution in [-0.4, -0.2) is 0 Å². The normalized spacial score (nSPS) is 4.50. The van der Waals surface area contributed by atoms with E-state index in [4.69, 9.17) is 0 Å². The van der Waals surface area contributed by atoms with Crippen LogP contribution >= 0.6 is 0 Å². The van der Waals surface area contributed by atoms with E-state index in [1.165, 1.54) is 6.42 Å². The van der Waals surface area contributed by atoms with Gasteiger partial charge in [0.2, 0.25) is 0 Å². The maximum atomic E-state index is 2.12. The SMILES string of the molecule is CCC.[Ni+2]. The largest absolute Gasteiger partial charge is 2.00 e. The van der Waals surface area contributed by atoms with Crippen molar-refractivity contribution in [2.24, 2.45) is 0 Å². The van der Waals surface area contributed by atoms with Crippen molar-refractivity contribution in [1.29, 1.82) is 0 Å². The van der Waals surface area contributed by atoms with Crippen molar-refractivity contribution >= 4 is 0 Å². The van der Waals surface area contributed by atoms with Gasteiger partial charge in [0, 0.05) is 0 Å². The van der Waals surface area contributed by atoms with Gasteiger partial charge < -0.3 is 0 Å². The van der Waals surface area contributed by atoms with Gasteiger partial charge in [-0.3, -0.25) is 0 Å². The molecule has 0 nitrogen and oxygen atoms in total. The van der Waals surface area contributed by atoms with Gasteiger partial charge in [-0.2, -0.15) is 0 Å². The molecule has 0 heterocycles. The van der Waals surface area contributed by atoms with E-state index in [-0.39, 0.29) is 16.5 Å². The molecular weight excluding hydrogens is 94.7 g/mol. The average Bonchev–Trinajstić information content (AvgIpc) is 0.918. The summed E-state index contributed by atoms with van der Waals surface area (Å²) in [7, 11) is 0. The molecule has 28 valence electrons. The smallest absolute Gasteiger partial charge is 0.0656 e. The summed E-state index contributed by atoms with van der Waals surface area (Å²) < 4.78 is 0. The minimum atomic E-state index is 0. The first-order valence-corrected chi connectivity index (χ1v) is 1.41. The van der Waals surface area contributed by atoms with Crippen LogP contribution in [-0.2, 0) is 16.5 Å². The first-order valence-electron chi connectivity index (χ1n) is 1.41. The van der Waals surface area contributed by atoms with Crippen molar-refractivity contribution in [1.82, 2.24) is 0 Å². The monoisotopic (exact) mass is 102 g/mol. The Morgan fingerprint density at radius 1 is 1.25 bits per heavy atom. The predicted octanol–water partition coefficient (Wildman–Crippen LogP) is 1.41. The van der Waals surface area contributed by atoms with Crippen molar-refractivity contribution < 1.29 is 16.5 Å². The summed E-state index contributed by atoms with van der Waals surface area (Å²) in [6, 6.07) is 0. The summed E-state index contributed by atoms with van der Waals surface area (Å²) in [5.41, 5.74) is 0. The Hall–Kier alpha value is 0.494. The van der Waals surface area contributed by atoms with Gasteiger partial charge in [0.05, 0.1) is 0 Å². The van der Waals surface area contributed by atoms with Gasteiger partial charge in [-0.1, -0.05) is 20.3 Å². The number of hydrogen-bond donors (Lipinski definition) is 0. The molecule has 1 heteroatoms. The zero-order chi connectivity index (χ0) is 2.71. The van der Waals surface area contributed by atoms with Crippen LogP contribution in [0.25, 0.3) is 0 Å². The molecule has 4 heavy (non-hydrogen) atoms. The van der Waals surface area contributed by atoms with Crippen LogP contribution in [0.2, 0.25) is 0 Å². The van der Waals surface area contributed by atoms with Crippen molar-refractivity contribution in [2.45, 2.75) is 20.3 Å². The van der Waals surface area contributed by atoms with E-state index < -0.39 is 0 Å². The molecule has 0 rings (SSSR count). The standard InChI is InChI=1S/C3H8.Ni/c1-3-2;/h3H2,1-2H3;/q;+2. The van der Waals surface area contributed by atoms with E-state index in [2.05, 4.69) is 13.8 Å². The van der Waals surface area contributed by atoms with Crippen LogP contribution in [0.4, 0.5) is 0 Å². The Labute approximate surface area is 37.5 Å². The van der Waals surface area contributed by atoms with Crippen LogP contribution in [0.15, 0.2) is 0 Å². The minimum Gasteiger partial charge on any atom is -0.0656 e. The van der Waals surface area contributed by atoms with Gasteiger partial charge in [-0.05, 0) is 0 Å². The molecule has 0 aliphatic rings. The molecule has 0 fully saturated rings. The molecule has 0 radical (unpaired) electrons. The fourth-order valence-electron chi connectivity index (χ4n) is 0. The molecule has 0 N–H and O–H groups in total. The Balaban J connectivity index is 0. The Morgan fingerprint density at radius 2 is 1.25 bits per heavy atom. The molecule has 0 aliphatic carbocycles. The summed E-state index contributed by atoms with van der Waals surface area (Å²) >= 11 is 0. The third-order valence-electron chi connectivity index (χ3n) is 0. The molecule has 0 spiro atoms. The van der Waals surface area contributed by atoms with Crippen LogP contribution < -0.4 is 0 Å². The van der Waals surface area contributed by atoms with Crippen LogP contribution in [0.5, 0.6) is 0 Å². The Bertz CT molecular complexity index is 3.25. The van der Waals surface area contributed by atoms with E-state index in [0.29, 0.717) is 0 Å². The van der Waals surface area contributed by atoms with Crippen LogP contribution in [0.1, 0.15) is 20.3 Å². The second-order valence-corrected chi connectivity index (χ2v) is 0.707. The van der Waals surface area contributed by atoms with E-state index in [1.54, 1.807) is 0 Å². The summed E-state index contributed by atoms with van der Waals surface area (Å²) in [5.74, 6) is 0. The summed E-state index contributed by atoms with van der Waals surface area (Å²) in [5, 5.41) is 0. The molecule has 0 atom stereocenters. The van der Waals surface area contributed by atoms with Crippen LogP contribution in [0.3, 0.4) is 0 Å². The van der Waals surface area contributed by atoms with Crippen molar-refractivity contribution in [3.05, 3.63) is 0 Å².